The number of Topliss-reactive ketones (excluding diaryl/α,β-unsaturated/α-hetero) is 1. The van der Waals surface area contributed by atoms with Crippen molar-refractivity contribution in [2.24, 2.45) is 5.73 Å². The van der Waals surface area contributed by atoms with Crippen molar-refractivity contribution in [3.63, 3.8) is 0 Å². The highest BCUT2D eigenvalue weighted by Gasteiger charge is 2.09. The van der Waals surface area contributed by atoms with Gasteiger partial charge in [0.1, 0.15) is 5.75 Å². The molecular formula is C19H20N2O4S. The van der Waals surface area contributed by atoms with E-state index in [0.29, 0.717) is 23.4 Å². The predicted octanol–water partition coefficient (Wildman–Crippen LogP) is 2.87. The lowest BCUT2D eigenvalue weighted by atomic mass is 10.1. The normalized spacial score (nSPS) is 10.2. The number of primary amides is 1. The Bertz CT molecular complexity index is 790. The first-order valence-electron chi connectivity index (χ1n) is 8.05. The van der Waals surface area contributed by atoms with Crippen LogP contribution in [0.5, 0.6) is 5.75 Å². The maximum absolute atomic E-state index is 12.1. The summed E-state index contributed by atoms with van der Waals surface area (Å²) in [7, 11) is 0. The Balaban J connectivity index is 1.91. The summed E-state index contributed by atoms with van der Waals surface area (Å²) in [5.74, 6) is -0.0643. The number of nitrogens with two attached hydrogens (primary N) is 1. The van der Waals surface area contributed by atoms with Crippen LogP contribution in [0.4, 0.5) is 5.69 Å². The largest absolute Gasteiger partial charge is 0.484 e. The molecule has 136 valence electrons. The van der Waals surface area contributed by atoms with E-state index in [0.717, 1.165) is 4.90 Å². The van der Waals surface area contributed by atoms with Gasteiger partial charge in [-0.3, -0.25) is 14.4 Å². The maximum atomic E-state index is 12.1. The van der Waals surface area contributed by atoms with E-state index in [9.17, 15) is 14.4 Å². The SMILES string of the molecule is CCC(=O)c1ccc(OCC(=O)Nc2ccccc2SCC(N)=O)cc1. The minimum Gasteiger partial charge on any atom is -0.484 e. The molecule has 0 heterocycles. The molecule has 0 radical (unpaired) electrons. The van der Waals surface area contributed by atoms with Crippen molar-refractivity contribution in [2.75, 3.05) is 17.7 Å². The van der Waals surface area contributed by atoms with E-state index >= 15 is 0 Å². The molecule has 2 amide bonds. The summed E-state index contributed by atoms with van der Waals surface area (Å²) in [6.45, 7) is 1.63. The molecule has 0 unspecified atom stereocenters. The van der Waals surface area contributed by atoms with Crippen LogP contribution in [-0.4, -0.2) is 30.0 Å². The zero-order valence-corrected chi connectivity index (χ0v) is 15.2. The number of carbonyl (C=O) groups is 3. The van der Waals surface area contributed by atoms with Crippen molar-refractivity contribution < 1.29 is 19.1 Å². The predicted molar refractivity (Wildman–Crippen MR) is 102 cm³/mol. The van der Waals surface area contributed by atoms with Gasteiger partial charge in [0.2, 0.25) is 5.91 Å². The zero-order chi connectivity index (χ0) is 18.9. The Hall–Kier alpha value is -2.80. The molecule has 6 nitrogen and oxygen atoms in total. The Kier molecular flexibility index (Phi) is 7.23. The monoisotopic (exact) mass is 372 g/mol. The van der Waals surface area contributed by atoms with E-state index in [-0.39, 0.29) is 24.1 Å². The van der Waals surface area contributed by atoms with E-state index in [1.54, 1.807) is 49.4 Å². The van der Waals surface area contributed by atoms with Crippen LogP contribution in [0.1, 0.15) is 23.7 Å². The van der Waals surface area contributed by atoms with Crippen LogP contribution in [-0.2, 0) is 9.59 Å². The summed E-state index contributed by atoms with van der Waals surface area (Å²) >= 11 is 1.26. The summed E-state index contributed by atoms with van der Waals surface area (Å²) in [6, 6.07) is 13.8. The number of ether oxygens (including phenoxy) is 1. The second-order valence-corrected chi connectivity index (χ2v) is 6.41. The Morgan fingerprint density at radius 2 is 1.77 bits per heavy atom. The van der Waals surface area contributed by atoms with Crippen LogP contribution in [0.15, 0.2) is 53.4 Å². The molecule has 0 aliphatic rings. The lowest BCUT2D eigenvalue weighted by molar-refractivity contribution is -0.118. The molecule has 0 saturated heterocycles. The first-order valence-corrected chi connectivity index (χ1v) is 9.04. The molecule has 2 aromatic rings. The quantitative estimate of drug-likeness (QED) is 0.521. The number of ketones is 1. The Morgan fingerprint density at radius 3 is 2.42 bits per heavy atom. The van der Waals surface area contributed by atoms with Gasteiger partial charge in [-0.2, -0.15) is 0 Å². The van der Waals surface area contributed by atoms with E-state index < -0.39 is 5.91 Å². The fourth-order valence-electron chi connectivity index (χ4n) is 2.12. The van der Waals surface area contributed by atoms with Crippen LogP contribution >= 0.6 is 11.8 Å². The average Bonchev–Trinajstić information content (AvgIpc) is 2.65. The third-order valence-corrected chi connectivity index (χ3v) is 4.49. The summed E-state index contributed by atoms with van der Waals surface area (Å²) in [4.78, 5) is 35.4. The van der Waals surface area contributed by atoms with Crippen molar-refractivity contribution in [1.29, 1.82) is 0 Å². The summed E-state index contributed by atoms with van der Waals surface area (Å²) in [5.41, 5.74) is 6.36. The average molecular weight is 372 g/mol. The molecule has 3 N–H and O–H groups in total. The van der Waals surface area contributed by atoms with Gasteiger partial charge >= 0.3 is 0 Å². The maximum Gasteiger partial charge on any atom is 0.262 e. The fraction of sp³-hybridized carbons (Fsp3) is 0.211. The molecule has 0 fully saturated rings. The summed E-state index contributed by atoms with van der Waals surface area (Å²) in [6.07, 6.45) is 0.440. The molecular weight excluding hydrogens is 352 g/mol. The van der Waals surface area contributed by atoms with E-state index in [4.69, 9.17) is 10.5 Å². The molecule has 0 spiro atoms. The molecule has 0 saturated carbocycles. The molecule has 2 aromatic carbocycles. The minimum atomic E-state index is -0.426. The number of anilines is 1. The highest BCUT2D eigenvalue weighted by Crippen LogP contribution is 2.26. The third-order valence-electron chi connectivity index (χ3n) is 3.40. The molecule has 26 heavy (non-hydrogen) atoms. The van der Waals surface area contributed by atoms with Crippen LogP contribution in [0, 0.1) is 0 Å². The number of para-hydroxylation sites is 1. The van der Waals surface area contributed by atoms with Crippen molar-refractivity contribution in [3.05, 3.63) is 54.1 Å². The molecule has 0 bridgehead atoms. The van der Waals surface area contributed by atoms with Crippen LogP contribution < -0.4 is 15.8 Å². The zero-order valence-electron chi connectivity index (χ0n) is 14.4. The third kappa shape index (κ3) is 5.93. The van der Waals surface area contributed by atoms with Crippen molar-refractivity contribution >= 4 is 35.0 Å². The lowest BCUT2D eigenvalue weighted by Gasteiger charge is -2.11. The molecule has 2 rings (SSSR count). The van der Waals surface area contributed by atoms with Crippen LogP contribution in [0.3, 0.4) is 0 Å². The highest BCUT2D eigenvalue weighted by molar-refractivity contribution is 8.00. The Morgan fingerprint density at radius 1 is 1.08 bits per heavy atom. The van der Waals surface area contributed by atoms with Gasteiger partial charge in [0, 0.05) is 16.9 Å². The summed E-state index contributed by atoms with van der Waals surface area (Å²) < 4.78 is 5.44. The standard InChI is InChI=1S/C19H20N2O4S/c1-2-16(22)13-7-9-14(10-8-13)25-11-19(24)21-15-5-3-4-6-17(15)26-12-18(20)23/h3-10H,2,11-12H2,1H3,(H2,20,23)(H,21,24). The van der Waals surface area contributed by atoms with E-state index in [1.807, 2.05) is 6.07 Å². The van der Waals surface area contributed by atoms with Crippen molar-refractivity contribution in [1.82, 2.24) is 0 Å². The molecule has 0 atom stereocenters. The van der Waals surface area contributed by atoms with Gasteiger partial charge in [0.25, 0.3) is 5.91 Å². The fourth-order valence-corrected chi connectivity index (χ4v) is 2.87. The van der Waals surface area contributed by atoms with Gasteiger partial charge in [0.15, 0.2) is 12.4 Å². The highest BCUT2D eigenvalue weighted by atomic mass is 32.2. The number of hydrogen-bond acceptors (Lipinski definition) is 5. The first-order chi connectivity index (χ1) is 12.5. The smallest absolute Gasteiger partial charge is 0.262 e. The van der Waals surface area contributed by atoms with Gasteiger partial charge in [0.05, 0.1) is 11.4 Å². The van der Waals surface area contributed by atoms with Crippen LogP contribution in [0.2, 0.25) is 0 Å². The van der Waals surface area contributed by atoms with E-state index in [1.165, 1.54) is 11.8 Å². The number of amides is 2. The van der Waals surface area contributed by atoms with Crippen LogP contribution in [0.25, 0.3) is 0 Å². The van der Waals surface area contributed by atoms with Gasteiger partial charge < -0.3 is 15.8 Å². The number of rotatable bonds is 9. The molecule has 7 heteroatoms. The van der Waals surface area contributed by atoms with Crippen molar-refractivity contribution in [2.45, 2.75) is 18.2 Å². The molecule has 0 aromatic heterocycles. The number of carbonyl (C=O) groups excluding carboxylic acids is 3. The topological polar surface area (TPSA) is 98.5 Å². The lowest BCUT2D eigenvalue weighted by Crippen LogP contribution is -2.20. The number of hydrogen-bond donors (Lipinski definition) is 2. The number of nitrogens with one attached hydrogen (secondary N) is 1. The van der Waals surface area contributed by atoms with Gasteiger partial charge in [-0.25, -0.2) is 0 Å². The van der Waals surface area contributed by atoms with Gasteiger partial charge in [-0.15, -0.1) is 11.8 Å². The minimum absolute atomic E-state index is 0.0550. The molecule has 0 aliphatic heterocycles. The second kappa shape index (κ2) is 9.62. The summed E-state index contributed by atoms with van der Waals surface area (Å²) in [5, 5.41) is 2.75. The number of thioether (sulfide) groups is 1. The second-order valence-electron chi connectivity index (χ2n) is 5.39. The van der Waals surface area contributed by atoms with Crippen molar-refractivity contribution in [3.8, 4) is 5.75 Å². The Labute approximate surface area is 156 Å². The van der Waals surface area contributed by atoms with Gasteiger partial charge in [-0.05, 0) is 36.4 Å². The van der Waals surface area contributed by atoms with E-state index in [2.05, 4.69) is 5.32 Å². The number of benzene rings is 2. The molecule has 0 aliphatic carbocycles. The first kappa shape index (κ1) is 19.5. The van der Waals surface area contributed by atoms with Gasteiger partial charge in [-0.1, -0.05) is 19.1 Å².